The predicted molar refractivity (Wildman–Crippen MR) is 150 cm³/mol. The maximum atomic E-state index is 13.1. The Kier molecular flexibility index (Phi) is 6.84. The number of hydrogen-bond acceptors (Lipinski definition) is 5. The van der Waals surface area contributed by atoms with E-state index in [9.17, 15) is 4.79 Å². The fraction of sp³-hybridized carbons (Fsp3) is 0.516. The van der Waals surface area contributed by atoms with Crippen molar-refractivity contribution in [2.45, 2.75) is 51.5 Å². The minimum Gasteiger partial charge on any atom is -0.366 e. The third-order valence-corrected chi connectivity index (χ3v) is 9.03. The third-order valence-electron chi connectivity index (χ3n) is 9.03. The Hall–Kier alpha value is -3.37. The van der Waals surface area contributed by atoms with E-state index in [1.807, 2.05) is 15.6 Å². The molecule has 1 aliphatic carbocycles. The average molecular weight is 511 g/mol. The minimum atomic E-state index is 0.0943. The molecule has 7 heteroatoms. The fourth-order valence-electron chi connectivity index (χ4n) is 6.41. The number of amides is 1. The molecule has 2 aliphatic heterocycles. The van der Waals surface area contributed by atoms with Gasteiger partial charge in [0.1, 0.15) is 0 Å². The van der Waals surface area contributed by atoms with Crippen LogP contribution in [-0.2, 0) is 4.79 Å². The maximum absolute atomic E-state index is 13.1. The summed E-state index contributed by atoms with van der Waals surface area (Å²) < 4.78 is 1.98. The maximum Gasteiger partial charge on any atom is 0.225 e. The van der Waals surface area contributed by atoms with Crippen LogP contribution in [-0.4, -0.2) is 70.6 Å². The van der Waals surface area contributed by atoms with Gasteiger partial charge in [0.2, 0.25) is 5.91 Å². The summed E-state index contributed by atoms with van der Waals surface area (Å²) in [4.78, 5) is 20.1. The Morgan fingerprint density at radius 1 is 0.974 bits per heavy atom. The molecule has 0 unspecified atom stereocenters. The Labute approximate surface area is 225 Å². The van der Waals surface area contributed by atoms with Crippen LogP contribution in [0.5, 0.6) is 0 Å². The standard InChI is InChI=1S/C31H38N6O/c1-22(2)36-19-28(20-36)25-9-7-24(8-10-25)27-17-30-29(11-12-33-37(30)21-27)34-13-15-35(16-14-34)31(38)26-5-3-23(18-32)4-6-26/h7-12,17,21-23,26,28H,3-6,13-16,19-20H2,1-2H3/t23-,26-. The number of anilines is 1. The summed E-state index contributed by atoms with van der Waals surface area (Å²) >= 11 is 0. The summed E-state index contributed by atoms with van der Waals surface area (Å²) in [7, 11) is 0. The smallest absolute Gasteiger partial charge is 0.225 e. The van der Waals surface area contributed by atoms with Crippen LogP contribution in [0.2, 0.25) is 0 Å². The van der Waals surface area contributed by atoms with E-state index in [0.717, 1.165) is 70.5 Å². The van der Waals surface area contributed by atoms with E-state index in [4.69, 9.17) is 5.26 Å². The highest BCUT2D eigenvalue weighted by atomic mass is 16.2. The highest BCUT2D eigenvalue weighted by Gasteiger charge is 2.32. The van der Waals surface area contributed by atoms with Crippen LogP contribution in [0.4, 0.5) is 5.69 Å². The number of nitriles is 1. The van der Waals surface area contributed by atoms with Crippen molar-refractivity contribution >= 4 is 17.1 Å². The summed E-state index contributed by atoms with van der Waals surface area (Å²) in [5, 5.41) is 13.7. The van der Waals surface area contributed by atoms with Crippen LogP contribution in [0.15, 0.2) is 48.8 Å². The molecule has 7 nitrogen and oxygen atoms in total. The van der Waals surface area contributed by atoms with E-state index in [1.165, 1.54) is 22.4 Å². The first kappa shape index (κ1) is 24.9. The lowest BCUT2D eigenvalue weighted by atomic mass is 9.82. The molecule has 3 fully saturated rings. The highest BCUT2D eigenvalue weighted by molar-refractivity contribution is 5.81. The molecule has 1 aromatic carbocycles. The average Bonchev–Trinajstić information content (AvgIpc) is 3.37. The van der Waals surface area contributed by atoms with Crippen molar-refractivity contribution in [2.24, 2.45) is 11.8 Å². The van der Waals surface area contributed by atoms with Crippen molar-refractivity contribution < 1.29 is 4.79 Å². The topological polar surface area (TPSA) is 67.9 Å². The Morgan fingerprint density at radius 2 is 1.68 bits per heavy atom. The molecule has 3 aliphatic rings. The van der Waals surface area contributed by atoms with Gasteiger partial charge in [-0.15, -0.1) is 0 Å². The number of rotatable bonds is 5. The van der Waals surface area contributed by atoms with E-state index >= 15 is 0 Å². The van der Waals surface area contributed by atoms with Gasteiger partial charge in [-0.25, -0.2) is 4.52 Å². The number of carbonyl (C=O) groups excluding carboxylic acids is 1. The van der Waals surface area contributed by atoms with Gasteiger partial charge in [0, 0.05) is 81.0 Å². The van der Waals surface area contributed by atoms with E-state index in [0.29, 0.717) is 12.0 Å². The van der Waals surface area contributed by atoms with Crippen molar-refractivity contribution in [1.29, 1.82) is 5.26 Å². The van der Waals surface area contributed by atoms with E-state index in [2.05, 4.69) is 77.4 Å². The van der Waals surface area contributed by atoms with Crippen LogP contribution in [0.1, 0.15) is 51.0 Å². The van der Waals surface area contributed by atoms with Crippen molar-refractivity contribution in [3.05, 3.63) is 54.4 Å². The number of piperazine rings is 1. The molecule has 2 saturated heterocycles. The summed E-state index contributed by atoms with van der Waals surface area (Å²) in [5.74, 6) is 1.16. The number of carbonyl (C=O) groups is 1. The van der Waals surface area contributed by atoms with Gasteiger partial charge >= 0.3 is 0 Å². The Balaban J connectivity index is 1.11. The zero-order chi connectivity index (χ0) is 26.2. The van der Waals surface area contributed by atoms with Gasteiger partial charge in [0.25, 0.3) is 0 Å². The second-order valence-corrected chi connectivity index (χ2v) is 11.6. The quantitative estimate of drug-likeness (QED) is 0.494. The first-order chi connectivity index (χ1) is 18.5. The molecule has 0 atom stereocenters. The summed E-state index contributed by atoms with van der Waals surface area (Å²) in [6.07, 6.45) is 7.42. The molecule has 0 N–H and O–H groups in total. The Morgan fingerprint density at radius 3 is 2.34 bits per heavy atom. The molecule has 4 heterocycles. The summed E-state index contributed by atoms with van der Waals surface area (Å²) in [6, 6.07) is 16.4. The molecule has 1 amide bonds. The summed E-state index contributed by atoms with van der Waals surface area (Å²) in [5.41, 5.74) is 6.10. The van der Waals surface area contributed by atoms with Crippen molar-refractivity contribution in [3.63, 3.8) is 0 Å². The lowest BCUT2D eigenvalue weighted by Crippen LogP contribution is -2.50. The fourth-order valence-corrected chi connectivity index (χ4v) is 6.41. The minimum absolute atomic E-state index is 0.0943. The van der Waals surface area contributed by atoms with Gasteiger partial charge < -0.3 is 9.80 Å². The first-order valence-corrected chi connectivity index (χ1v) is 14.3. The monoisotopic (exact) mass is 510 g/mol. The van der Waals surface area contributed by atoms with Gasteiger partial charge in [-0.3, -0.25) is 9.69 Å². The molecule has 3 aromatic rings. The van der Waals surface area contributed by atoms with Gasteiger partial charge in [-0.2, -0.15) is 10.4 Å². The van der Waals surface area contributed by atoms with Gasteiger partial charge in [0.05, 0.1) is 17.3 Å². The van der Waals surface area contributed by atoms with Crippen molar-refractivity contribution in [1.82, 2.24) is 19.4 Å². The van der Waals surface area contributed by atoms with Gasteiger partial charge in [0.15, 0.2) is 0 Å². The van der Waals surface area contributed by atoms with Crippen LogP contribution >= 0.6 is 0 Å². The summed E-state index contributed by atoms with van der Waals surface area (Å²) in [6.45, 7) is 9.98. The van der Waals surface area contributed by atoms with E-state index in [-0.39, 0.29) is 17.7 Å². The molecule has 1 saturated carbocycles. The van der Waals surface area contributed by atoms with Crippen molar-refractivity contribution in [3.8, 4) is 17.2 Å². The van der Waals surface area contributed by atoms with Gasteiger partial charge in [-0.05, 0) is 62.8 Å². The number of likely N-dealkylation sites (tertiary alicyclic amines) is 1. The van der Waals surface area contributed by atoms with Crippen molar-refractivity contribution in [2.75, 3.05) is 44.2 Å². The third kappa shape index (κ3) is 4.78. The molecule has 2 aromatic heterocycles. The van der Waals surface area contributed by atoms with Crippen LogP contribution in [0.3, 0.4) is 0 Å². The number of benzene rings is 1. The van der Waals surface area contributed by atoms with Crippen LogP contribution < -0.4 is 4.90 Å². The zero-order valence-electron chi connectivity index (χ0n) is 22.6. The number of fused-ring (bicyclic) bond motifs is 1. The lowest BCUT2D eigenvalue weighted by Gasteiger charge is -2.42. The highest BCUT2D eigenvalue weighted by Crippen LogP contribution is 2.33. The molecule has 0 spiro atoms. The molecule has 198 valence electrons. The van der Waals surface area contributed by atoms with Gasteiger partial charge in [-0.1, -0.05) is 24.3 Å². The second kappa shape index (κ2) is 10.4. The van der Waals surface area contributed by atoms with Crippen LogP contribution in [0.25, 0.3) is 16.6 Å². The number of aromatic nitrogens is 2. The normalized spacial score (nSPS) is 23.0. The number of hydrogen-bond donors (Lipinski definition) is 0. The first-order valence-electron chi connectivity index (χ1n) is 14.3. The largest absolute Gasteiger partial charge is 0.366 e. The van der Waals surface area contributed by atoms with E-state index in [1.54, 1.807) is 0 Å². The Bertz CT molecular complexity index is 1320. The zero-order valence-corrected chi connectivity index (χ0v) is 22.6. The molecule has 0 bridgehead atoms. The predicted octanol–water partition coefficient (Wildman–Crippen LogP) is 4.79. The molecule has 0 radical (unpaired) electrons. The lowest BCUT2D eigenvalue weighted by molar-refractivity contribution is -0.137. The SMILES string of the molecule is CC(C)N1CC(c2ccc(-c3cc4c(N5CCN(C(=O)[C@H]6CC[C@H](C#N)CC6)CC5)ccnn4c3)cc2)C1. The number of nitrogens with zero attached hydrogens (tertiary/aromatic N) is 6. The molecular weight excluding hydrogens is 472 g/mol. The molecule has 38 heavy (non-hydrogen) atoms. The molecule has 6 rings (SSSR count). The second-order valence-electron chi connectivity index (χ2n) is 11.6. The molecular formula is C31H38N6O. The van der Waals surface area contributed by atoms with Crippen LogP contribution in [0, 0.1) is 23.2 Å². The van der Waals surface area contributed by atoms with E-state index < -0.39 is 0 Å².